The van der Waals surface area contributed by atoms with Crippen LogP contribution >= 0.6 is 0 Å². The van der Waals surface area contributed by atoms with Crippen LogP contribution in [0.25, 0.3) is 0 Å². The van der Waals surface area contributed by atoms with E-state index in [2.05, 4.69) is 73.7 Å². The largest absolute Gasteiger partial charge is 0.481 e. The van der Waals surface area contributed by atoms with Crippen molar-refractivity contribution < 1.29 is 24.2 Å². The van der Waals surface area contributed by atoms with Crippen molar-refractivity contribution in [3.8, 4) is 0 Å². The molecule has 2 N–H and O–H groups in total. The first-order valence-electron chi connectivity index (χ1n) is 18.7. The van der Waals surface area contributed by atoms with Crippen molar-refractivity contribution in [1.82, 2.24) is 5.32 Å². The van der Waals surface area contributed by atoms with Crippen molar-refractivity contribution >= 4 is 17.7 Å². The van der Waals surface area contributed by atoms with Crippen LogP contribution in [0, 0.1) is 50.7 Å². The summed E-state index contributed by atoms with van der Waals surface area (Å²) in [6.07, 6.45) is 12.2. The van der Waals surface area contributed by atoms with E-state index in [0.29, 0.717) is 30.0 Å². The Bertz CT molecular complexity index is 1240. The van der Waals surface area contributed by atoms with Gasteiger partial charge in [0.15, 0.2) is 5.78 Å². The number of Topliss-reactive ketones (excluding diaryl/α,β-unsaturated/α-hetero) is 1. The Morgan fingerprint density at radius 3 is 2.23 bits per heavy atom. The van der Waals surface area contributed by atoms with Gasteiger partial charge in [-0.05, 0) is 130 Å². The van der Waals surface area contributed by atoms with Crippen LogP contribution in [0.4, 0.5) is 0 Å². The van der Waals surface area contributed by atoms with Gasteiger partial charge in [-0.2, -0.15) is 0 Å². The number of nitrogens with one attached hydrogen (secondary N) is 1. The van der Waals surface area contributed by atoms with Crippen LogP contribution in [0.5, 0.6) is 0 Å². The SMILES string of the molecule is C/C=C(\NC)C12CC[C@]3(C)C(CCC(CC)C3(C)CCC(C)C(C)(C)CCC(C)OC(=O)CC(C)(C)C(=O)O)C1=C(C(C)C)C(=O)C2. The van der Waals surface area contributed by atoms with E-state index in [-0.39, 0.29) is 40.1 Å². The Balaban J connectivity index is 1.82. The Morgan fingerprint density at radius 1 is 1.06 bits per heavy atom. The summed E-state index contributed by atoms with van der Waals surface area (Å²) in [5, 5.41) is 12.9. The lowest BCUT2D eigenvalue weighted by Crippen LogP contribution is -2.57. The molecule has 7 atom stereocenters. The number of rotatable bonds is 15. The fourth-order valence-electron chi connectivity index (χ4n) is 10.2. The smallest absolute Gasteiger partial charge is 0.309 e. The molecule has 0 radical (unpaired) electrons. The van der Waals surface area contributed by atoms with Crippen molar-refractivity contribution in [2.75, 3.05) is 7.05 Å². The van der Waals surface area contributed by atoms with E-state index in [1.165, 1.54) is 37.0 Å². The van der Waals surface area contributed by atoms with E-state index in [9.17, 15) is 19.5 Å². The number of carboxylic acid groups (broad SMARTS) is 1. The summed E-state index contributed by atoms with van der Waals surface area (Å²) in [7, 11) is 2.03. The van der Waals surface area contributed by atoms with Gasteiger partial charge in [0.1, 0.15) is 0 Å². The molecule has 0 aliphatic heterocycles. The van der Waals surface area contributed by atoms with Crippen molar-refractivity contribution in [1.29, 1.82) is 0 Å². The monoisotopic (exact) mass is 656 g/mol. The second kappa shape index (κ2) is 14.4. The summed E-state index contributed by atoms with van der Waals surface area (Å²) in [5.74, 6) is 0.729. The molecule has 0 heterocycles. The number of aliphatic carboxylic acids is 1. The second-order valence-electron chi connectivity index (χ2n) is 17.8. The number of ether oxygens (including phenoxy) is 1. The average Bonchev–Trinajstić information content (AvgIpc) is 3.28. The molecule has 0 spiro atoms. The molecule has 0 saturated heterocycles. The third kappa shape index (κ3) is 7.28. The number of esters is 1. The zero-order chi connectivity index (χ0) is 35.8. The van der Waals surface area contributed by atoms with E-state index < -0.39 is 17.4 Å². The number of carboxylic acids is 1. The van der Waals surface area contributed by atoms with Gasteiger partial charge in [0.2, 0.25) is 0 Å². The lowest BCUT2D eigenvalue weighted by molar-refractivity contribution is -0.159. The molecule has 6 nitrogen and oxygen atoms in total. The molecule has 47 heavy (non-hydrogen) atoms. The minimum Gasteiger partial charge on any atom is -0.481 e. The third-order valence-electron chi connectivity index (χ3n) is 14.0. The highest BCUT2D eigenvalue weighted by Crippen LogP contribution is 2.71. The normalized spacial score (nSPS) is 31.4. The molecule has 6 heteroatoms. The molecule has 6 unspecified atom stereocenters. The molecule has 3 aliphatic carbocycles. The molecule has 0 aromatic rings. The second-order valence-corrected chi connectivity index (χ2v) is 17.8. The summed E-state index contributed by atoms with van der Waals surface area (Å²) >= 11 is 0. The van der Waals surface area contributed by atoms with E-state index in [1.54, 1.807) is 13.8 Å². The predicted molar refractivity (Wildman–Crippen MR) is 192 cm³/mol. The molecule has 2 fully saturated rings. The standard InChI is InChI=1S/C41H69NO5/c1-14-29-16-17-30-35-34(26(3)4)31(43)24-41(35,32(15-2)42-13)23-22-40(30,12)39(29,11)21-18-27(5)37(7,8)20-19-28(6)47-33(44)25-38(9,10)36(45)46/h15,26-30,42H,14,16-25H2,1-13H3,(H,45,46)/b32-15-/t27?,28?,29?,30?,39?,40-,41?/m1/s1. The maximum atomic E-state index is 13.8. The number of allylic oxidation sites excluding steroid dienone is 3. The molecular formula is C41H69NO5. The molecule has 3 aliphatic rings. The van der Waals surface area contributed by atoms with Gasteiger partial charge in [-0.3, -0.25) is 14.4 Å². The van der Waals surface area contributed by atoms with Gasteiger partial charge in [-0.1, -0.05) is 67.9 Å². The molecule has 0 amide bonds. The van der Waals surface area contributed by atoms with Gasteiger partial charge in [-0.15, -0.1) is 0 Å². The van der Waals surface area contributed by atoms with Crippen molar-refractivity contribution in [3.05, 3.63) is 22.9 Å². The summed E-state index contributed by atoms with van der Waals surface area (Å²) in [5.41, 5.74) is 2.89. The topological polar surface area (TPSA) is 92.7 Å². The Labute approximate surface area is 287 Å². The van der Waals surface area contributed by atoms with E-state index in [0.717, 1.165) is 37.7 Å². The molecule has 0 aromatic heterocycles. The zero-order valence-corrected chi connectivity index (χ0v) is 32.3. The quantitative estimate of drug-likeness (QED) is 0.171. The zero-order valence-electron chi connectivity index (χ0n) is 32.3. The van der Waals surface area contributed by atoms with Gasteiger partial charge in [0.25, 0.3) is 0 Å². The Hall–Kier alpha value is -2.11. The summed E-state index contributed by atoms with van der Waals surface area (Å²) in [6, 6.07) is 0. The highest BCUT2D eigenvalue weighted by molar-refractivity contribution is 6.01. The number of fused-ring (bicyclic) bond motifs is 3. The molecule has 0 bridgehead atoms. The number of carbonyl (C=O) groups is 3. The van der Waals surface area contributed by atoms with Crippen LogP contribution in [0.3, 0.4) is 0 Å². The summed E-state index contributed by atoms with van der Waals surface area (Å²) in [4.78, 5) is 37.7. The minimum absolute atomic E-state index is 0.0641. The van der Waals surface area contributed by atoms with E-state index in [1.807, 2.05) is 14.0 Å². The van der Waals surface area contributed by atoms with Crippen LogP contribution < -0.4 is 5.32 Å². The third-order valence-corrected chi connectivity index (χ3v) is 14.0. The summed E-state index contributed by atoms with van der Waals surface area (Å²) in [6.45, 7) is 26.3. The molecule has 3 rings (SSSR count). The van der Waals surface area contributed by atoms with Crippen LogP contribution in [0.15, 0.2) is 22.9 Å². The first-order valence-corrected chi connectivity index (χ1v) is 18.7. The summed E-state index contributed by atoms with van der Waals surface area (Å²) < 4.78 is 5.65. The van der Waals surface area contributed by atoms with Crippen LogP contribution in [-0.2, 0) is 19.1 Å². The van der Waals surface area contributed by atoms with E-state index in [4.69, 9.17) is 4.74 Å². The number of hydrogen-bond donors (Lipinski definition) is 2. The fraction of sp³-hybridized carbons (Fsp3) is 0.829. The van der Waals surface area contributed by atoms with Gasteiger partial charge >= 0.3 is 11.9 Å². The number of ketones is 1. The fourth-order valence-corrected chi connectivity index (χ4v) is 10.2. The first kappa shape index (κ1) is 39.3. The highest BCUT2D eigenvalue weighted by atomic mass is 16.5. The van der Waals surface area contributed by atoms with Gasteiger partial charge in [-0.25, -0.2) is 0 Å². The molecule has 2 saturated carbocycles. The lowest BCUT2D eigenvalue weighted by Gasteiger charge is -2.64. The van der Waals surface area contributed by atoms with E-state index >= 15 is 0 Å². The highest BCUT2D eigenvalue weighted by Gasteiger charge is 2.64. The minimum atomic E-state index is -1.13. The van der Waals surface area contributed by atoms with Crippen molar-refractivity contribution in [2.45, 2.75) is 160 Å². The van der Waals surface area contributed by atoms with Gasteiger partial charge < -0.3 is 15.2 Å². The van der Waals surface area contributed by atoms with Crippen LogP contribution in [0.2, 0.25) is 0 Å². The maximum Gasteiger partial charge on any atom is 0.309 e. The van der Waals surface area contributed by atoms with Crippen molar-refractivity contribution in [2.24, 2.45) is 50.7 Å². The van der Waals surface area contributed by atoms with Crippen molar-refractivity contribution in [3.63, 3.8) is 0 Å². The molecular weight excluding hydrogens is 586 g/mol. The Kier molecular flexibility index (Phi) is 12.0. The first-order chi connectivity index (χ1) is 21.7. The van der Waals surface area contributed by atoms with Gasteiger partial charge in [0, 0.05) is 24.6 Å². The van der Waals surface area contributed by atoms with Crippen LogP contribution in [-0.4, -0.2) is 36.0 Å². The predicted octanol–water partition coefficient (Wildman–Crippen LogP) is 9.92. The number of hydrogen-bond acceptors (Lipinski definition) is 5. The maximum absolute atomic E-state index is 13.8. The molecule has 268 valence electrons. The lowest BCUT2D eigenvalue weighted by atomic mass is 9.40. The van der Waals surface area contributed by atoms with Gasteiger partial charge in [0.05, 0.1) is 17.9 Å². The molecule has 0 aromatic carbocycles. The number of carbonyl (C=O) groups excluding carboxylic acids is 2. The Morgan fingerprint density at radius 2 is 1.70 bits per heavy atom. The van der Waals surface area contributed by atoms with Crippen LogP contribution in [0.1, 0.15) is 154 Å². The average molecular weight is 656 g/mol.